The summed E-state index contributed by atoms with van der Waals surface area (Å²) in [7, 11) is 0. The van der Waals surface area contributed by atoms with Crippen molar-refractivity contribution in [3.63, 3.8) is 0 Å². The van der Waals surface area contributed by atoms with E-state index in [2.05, 4.69) is 395 Å². The third-order valence-corrected chi connectivity index (χ3v) is 31.1. The van der Waals surface area contributed by atoms with Crippen molar-refractivity contribution < 1.29 is 9.47 Å². The van der Waals surface area contributed by atoms with Crippen molar-refractivity contribution in [1.29, 1.82) is 0 Å². The van der Waals surface area contributed by atoms with E-state index >= 15 is 0 Å². The van der Waals surface area contributed by atoms with Gasteiger partial charge >= 0.3 is 0 Å². The van der Waals surface area contributed by atoms with E-state index in [0.29, 0.717) is 86.6 Å². The number of hydrogen-bond acceptors (Lipinski definition) is 2. The highest BCUT2D eigenvalue weighted by atomic mass is 16.5. The molecule has 0 amide bonds. The van der Waals surface area contributed by atoms with Crippen LogP contribution in [-0.2, 0) is 35.2 Å². The molecule has 6 aliphatic carbocycles. The van der Waals surface area contributed by atoms with Crippen molar-refractivity contribution in [1.82, 2.24) is 0 Å². The Kier molecular flexibility index (Phi) is 54.5. The molecule has 6 aliphatic rings. The average Bonchev–Trinajstić information content (AvgIpc) is 0.803. The molecule has 10 unspecified atom stereocenters. The van der Waals surface area contributed by atoms with Crippen LogP contribution in [0.3, 0.4) is 0 Å². The molecule has 0 bridgehead atoms. The minimum Gasteiger partial charge on any atom is -0.379 e. The van der Waals surface area contributed by atoms with Gasteiger partial charge in [0.25, 0.3) is 0 Å². The highest BCUT2D eigenvalue weighted by molar-refractivity contribution is 5.26. The predicted octanol–water partition coefficient (Wildman–Crippen LogP) is 43.1. The van der Waals surface area contributed by atoms with Gasteiger partial charge in [0.15, 0.2) is 0 Å². The number of rotatable bonds is 19. The van der Waals surface area contributed by atoms with Crippen LogP contribution in [0.15, 0.2) is 48.5 Å². The summed E-state index contributed by atoms with van der Waals surface area (Å²) in [5, 5.41) is 0. The first-order chi connectivity index (χ1) is 59.8. The number of hydrogen-bond donors (Lipinski definition) is 0. The van der Waals surface area contributed by atoms with Gasteiger partial charge in [0, 0.05) is 13.2 Å². The van der Waals surface area contributed by atoms with Gasteiger partial charge in [-0.2, -0.15) is 0 Å². The van der Waals surface area contributed by atoms with Crippen LogP contribution in [0.5, 0.6) is 0 Å². The normalized spacial score (nSPS) is 25.0. The first-order valence-corrected chi connectivity index (χ1v) is 57.1. The van der Waals surface area contributed by atoms with Crippen LogP contribution in [0, 0.1) is 169 Å². The lowest BCUT2D eigenvalue weighted by atomic mass is 9.59. The maximum absolute atomic E-state index is 5.52. The van der Waals surface area contributed by atoms with Gasteiger partial charge in [0.1, 0.15) is 0 Å². The van der Waals surface area contributed by atoms with E-state index in [1.807, 2.05) is 0 Å². The van der Waals surface area contributed by atoms with Crippen LogP contribution in [0.25, 0.3) is 0 Å². The summed E-state index contributed by atoms with van der Waals surface area (Å²) in [6.07, 6.45) is 49.5. The molecule has 0 saturated heterocycles. The van der Waals surface area contributed by atoms with Gasteiger partial charge in [0.05, 0.1) is 13.2 Å². The van der Waals surface area contributed by atoms with Gasteiger partial charge < -0.3 is 9.47 Å². The molecular formula is C131H250O2. The van der Waals surface area contributed by atoms with E-state index in [1.165, 1.54) is 202 Å². The number of benzene rings is 2. The molecule has 2 aromatic carbocycles. The summed E-state index contributed by atoms with van der Waals surface area (Å²) in [5.74, 6) is 13.7. The molecule has 2 nitrogen and oxygen atoms in total. The minimum atomic E-state index is 0.368. The van der Waals surface area contributed by atoms with Crippen LogP contribution in [0.4, 0.5) is 0 Å². The van der Waals surface area contributed by atoms with Gasteiger partial charge in [-0.25, -0.2) is 0 Å². The Morgan fingerprint density at radius 1 is 0.226 bits per heavy atom. The maximum Gasteiger partial charge on any atom is 0.0700 e. The van der Waals surface area contributed by atoms with Crippen molar-refractivity contribution in [2.75, 3.05) is 26.4 Å². The second-order valence-electron chi connectivity index (χ2n) is 65.0. The van der Waals surface area contributed by atoms with E-state index in [1.54, 1.807) is 6.42 Å². The largest absolute Gasteiger partial charge is 0.379 e. The summed E-state index contributed by atoms with van der Waals surface area (Å²) in [6.45, 7) is 121. The van der Waals surface area contributed by atoms with Crippen LogP contribution >= 0.6 is 0 Å². The zero-order valence-corrected chi connectivity index (χ0v) is 101. The SMILES string of the molecule is CC(C)(C)C1CCC(CC2CCC(C(C)(C)C)CC2)CC1.CC(C)(C)C1CCCCC1C(C)(C)C.CC(C)(C)CC1CCCC(CC(C)(C)C)C1.CC(C)(C)CCCC(C)(C)C.CC(C)(C)CCOCCOCCC(C)(C)C.CC(C)(C)Cc1ccc(CC(C)(C)C)cc1.CC(C)(C)Cc1cccc(CC(C)(C)C)c1.CC1CC(CC2CCC(C(C)(C)C)C(C)C2)CCC1C(C)(C)C. The van der Waals surface area contributed by atoms with Crippen molar-refractivity contribution in [2.45, 2.75) is 571 Å². The fraction of sp³-hybridized carbons (Fsp3) is 0.908. The molecule has 0 aliphatic heterocycles. The lowest BCUT2D eigenvalue weighted by Gasteiger charge is -2.46. The van der Waals surface area contributed by atoms with Gasteiger partial charge in [-0.15, -0.1) is 0 Å². The van der Waals surface area contributed by atoms with Crippen molar-refractivity contribution in [2.24, 2.45) is 169 Å². The molecule has 0 spiro atoms. The molecule has 6 saturated carbocycles. The molecule has 133 heavy (non-hydrogen) atoms. The highest BCUT2D eigenvalue weighted by Gasteiger charge is 2.42. The Morgan fingerprint density at radius 3 is 0.744 bits per heavy atom. The Hall–Kier alpha value is -1.64. The van der Waals surface area contributed by atoms with Gasteiger partial charge in [-0.1, -0.05) is 472 Å². The van der Waals surface area contributed by atoms with E-state index in [0.717, 1.165) is 148 Å². The zero-order valence-electron chi connectivity index (χ0n) is 101. The standard InChI is InChI=1S/C23H44.C21H40.C16H26.C16H32.C16H26.C14H30O2.C14H28.C11H24/c1-16-13-18(9-11-20(16)22(3,4)5)15-19-10-12-21(17(2)14-19)23(6,7)8;1-20(2,3)18-11-7-16(8-12-18)15-17-9-13-19(14-10-17)21(4,5)6;1-15(2,3)11-13-7-9-14(10-8-13)12-16(4,5)6;2*1-15(2,3)11-13-8-7-9-14(10-13)12-16(4,5)6;1-13(2,3)7-9-15-11-12-16-10-8-14(4,5)6;1-13(2,3)11-9-7-8-10-12(11)14(4,5)6;1-10(2,3)8-7-9-11(4,5)6/h16-21H,9-15H2,1-8H3;16-19H,7-15H2,1-6H3;7-10H,11-12H2,1-6H3;13-14H,7-12H2,1-6H3;7-10H,11-12H2,1-6H3;7-12H2,1-6H3;11-12H,7-10H2,1-6H3;7-9H2,1-6H3. The quantitative estimate of drug-likeness (QED) is 0.131. The lowest BCUT2D eigenvalue weighted by Crippen LogP contribution is -2.38. The molecule has 0 heterocycles. The third-order valence-electron chi connectivity index (χ3n) is 31.1. The highest BCUT2D eigenvalue weighted by Crippen LogP contribution is 2.53. The summed E-state index contributed by atoms with van der Waals surface area (Å²) in [5.41, 5.74) is 13.2. The molecule has 0 radical (unpaired) electrons. The molecule has 0 aromatic heterocycles. The summed E-state index contributed by atoms with van der Waals surface area (Å²) in [6, 6.07) is 18.2. The summed E-state index contributed by atoms with van der Waals surface area (Å²) in [4.78, 5) is 0. The van der Waals surface area contributed by atoms with Gasteiger partial charge in [-0.05, 0) is 339 Å². The maximum atomic E-state index is 5.52. The Bertz CT molecular complexity index is 3060. The van der Waals surface area contributed by atoms with Crippen molar-refractivity contribution in [3.05, 3.63) is 70.8 Å². The molecular weight excluding hydrogens is 1610 g/mol. The Balaban J connectivity index is 0.000000767. The molecule has 8 rings (SSSR count). The topological polar surface area (TPSA) is 18.5 Å². The molecule has 2 heteroatoms. The smallest absolute Gasteiger partial charge is 0.0700 e. The molecule has 10 atom stereocenters. The lowest BCUT2D eigenvalue weighted by molar-refractivity contribution is 0.0312. The van der Waals surface area contributed by atoms with Crippen LogP contribution < -0.4 is 0 Å². The molecule has 0 N–H and O–H groups in total. The molecule has 2 aromatic rings. The Morgan fingerprint density at radius 2 is 0.496 bits per heavy atom. The fourth-order valence-corrected chi connectivity index (χ4v) is 24.5. The fourth-order valence-electron chi connectivity index (χ4n) is 24.5. The first kappa shape index (κ1) is 129. The molecule has 6 fully saturated rings. The van der Waals surface area contributed by atoms with Crippen LogP contribution in [0.1, 0.15) is 567 Å². The van der Waals surface area contributed by atoms with E-state index < -0.39 is 0 Å². The van der Waals surface area contributed by atoms with Gasteiger partial charge in [-0.3, -0.25) is 0 Å². The number of ether oxygens (including phenoxy) is 2. The summed E-state index contributed by atoms with van der Waals surface area (Å²) >= 11 is 0. The zero-order chi connectivity index (χ0) is 103. The Labute approximate surface area is 841 Å². The van der Waals surface area contributed by atoms with Gasteiger partial charge in [0.2, 0.25) is 0 Å². The predicted molar refractivity (Wildman–Crippen MR) is 604 cm³/mol. The third kappa shape index (κ3) is 66.0. The second-order valence-corrected chi connectivity index (χ2v) is 65.0. The van der Waals surface area contributed by atoms with E-state index in [9.17, 15) is 0 Å². The second kappa shape index (κ2) is 56.0. The van der Waals surface area contributed by atoms with E-state index in [-0.39, 0.29) is 0 Å². The summed E-state index contributed by atoms with van der Waals surface area (Å²) < 4.78 is 11.0. The van der Waals surface area contributed by atoms with Crippen molar-refractivity contribution >= 4 is 0 Å². The molecule has 786 valence electrons. The van der Waals surface area contributed by atoms with Crippen molar-refractivity contribution in [3.8, 4) is 0 Å². The average molecular weight is 1860 g/mol. The first-order valence-electron chi connectivity index (χ1n) is 57.1. The minimum absolute atomic E-state index is 0.368. The van der Waals surface area contributed by atoms with Crippen LogP contribution in [-0.4, -0.2) is 26.4 Å². The monoisotopic (exact) mass is 1860 g/mol. The van der Waals surface area contributed by atoms with Crippen LogP contribution in [0.2, 0.25) is 0 Å². The van der Waals surface area contributed by atoms with E-state index in [4.69, 9.17) is 9.47 Å².